The molecule has 8 heteroatoms. The Labute approximate surface area is 142 Å². The molecular weight excluding hydrogens is 329 g/mol. The number of nitrogens with zero attached hydrogens (tertiary/aromatic N) is 3. The molecule has 0 amide bonds. The molecule has 1 aliphatic heterocycles. The van der Waals surface area contributed by atoms with Crippen LogP contribution in [0.1, 0.15) is 25.0 Å². The molecule has 3 rings (SSSR count). The van der Waals surface area contributed by atoms with Crippen molar-refractivity contribution in [3.63, 3.8) is 0 Å². The Morgan fingerprint density at radius 3 is 2.28 bits per heavy atom. The average Bonchev–Trinajstić information content (AvgIpc) is 2.78. The lowest BCUT2D eigenvalue weighted by atomic mass is 10.0. The van der Waals surface area contributed by atoms with E-state index < -0.39 is 22.4 Å². The summed E-state index contributed by atoms with van der Waals surface area (Å²) in [5.74, 6) is -0.425. The first-order valence-corrected chi connectivity index (χ1v) is 7.60. The summed E-state index contributed by atoms with van der Waals surface area (Å²) in [6.07, 6.45) is 0. The molecule has 2 aromatic rings. The number of halogens is 1. The van der Waals surface area contributed by atoms with Crippen LogP contribution in [-0.4, -0.2) is 31.7 Å². The molecule has 0 saturated carbocycles. The quantitative estimate of drug-likeness (QED) is 0.399. The van der Waals surface area contributed by atoms with Gasteiger partial charge in [0.1, 0.15) is 11.9 Å². The predicted octanol–water partition coefficient (Wildman–Crippen LogP) is 3.00. The molecule has 7 nitrogen and oxygen atoms in total. The van der Waals surface area contributed by atoms with Crippen LogP contribution in [0.4, 0.5) is 10.1 Å². The van der Waals surface area contributed by atoms with E-state index in [9.17, 15) is 24.9 Å². The Morgan fingerprint density at radius 1 is 1.20 bits per heavy atom. The molecule has 25 heavy (non-hydrogen) atoms. The molecule has 0 aromatic heterocycles. The topological polar surface area (TPSA) is 92.7 Å². The first-order valence-electron chi connectivity index (χ1n) is 7.60. The summed E-state index contributed by atoms with van der Waals surface area (Å²) in [7, 11) is 0. The minimum atomic E-state index is -1.46. The third kappa shape index (κ3) is 2.55. The van der Waals surface area contributed by atoms with Crippen LogP contribution in [0, 0.1) is 21.1 Å². The van der Waals surface area contributed by atoms with Gasteiger partial charge in [-0.15, -0.1) is 5.06 Å². The molecule has 0 unspecified atom stereocenters. The average molecular weight is 345 g/mol. The smallest absolute Gasteiger partial charge is 0.274 e. The van der Waals surface area contributed by atoms with E-state index in [2.05, 4.69) is 0 Å². The van der Waals surface area contributed by atoms with E-state index in [4.69, 9.17) is 0 Å². The van der Waals surface area contributed by atoms with Crippen LogP contribution in [-0.2, 0) is 5.66 Å². The zero-order valence-corrected chi connectivity index (χ0v) is 13.6. The van der Waals surface area contributed by atoms with Crippen molar-refractivity contribution in [3.8, 4) is 0 Å². The van der Waals surface area contributed by atoms with Gasteiger partial charge in [0, 0.05) is 30.2 Å². The summed E-state index contributed by atoms with van der Waals surface area (Å²) < 4.78 is 13.8. The lowest BCUT2D eigenvalue weighted by Crippen LogP contribution is -2.45. The standard InChI is InChI=1S/C17H16FN3O4/c1-11-16(12-3-7-14(18)8-4-12)20(23)17(2,19(11)22)13-5-9-15(10-6-13)21(24)25/h3-11,22H,1-2H3/t11-,17-/m1/s1. The molecule has 0 spiro atoms. The van der Waals surface area contributed by atoms with Crippen molar-refractivity contribution in [1.29, 1.82) is 0 Å². The van der Waals surface area contributed by atoms with E-state index in [0.717, 1.165) is 5.06 Å². The predicted molar refractivity (Wildman–Crippen MR) is 87.7 cm³/mol. The van der Waals surface area contributed by atoms with Gasteiger partial charge in [-0.25, -0.2) is 4.39 Å². The number of nitro benzene ring substituents is 1. The van der Waals surface area contributed by atoms with Crippen molar-refractivity contribution in [1.82, 2.24) is 5.06 Å². The van der Waals surface area contributed by atoms with Gasteiger partial charge in [-0.2, -0.15) is 4.74 Å². The van der Waals surface area contributed by atoms with Gasteiger partial charge in [-0.1, -0.05) is 0 Å². The summed E-state index contributed by atoms with van der Waals surface area (Å²) in [6, 6.07) is 10.2. The third-order valence-corrected chi connectivity index (χ3v) is 4.59. The Balaban J connectivity index is 2.11. The van der Waals surface area contributed by atoms with E-state index in [1.165, 1.54) is 55.5 Å². The summed E-state index contributed by atoms with van der Waals surface area (Å²) >= 11 is 0. The van der Waals surface area contributed by atoms with E-state index in [1.807, 2.05) is 0 Å². The Morgan fingerprint density at radius 2 is 1.76 bits per heavy atom. The number of hydrogen-bond acceptors (Lipinski definition) is 5. The van der Waals surface area contributed by atoms with E-state index >= 15 is 0 Å². The normalized spacial score (nSPS) is 23.9. The fraction of sp³-hybridized carbons (Fsp3) is 0.235. The van der Waals surface area contributed by atoms with Gasteiger partial charge in [0.15, 0.2) is 0 Å². The maximum atomic E-state index is 13.1. The molecule has 130 valence electrons. The van der Waals surface area contributed by atoms with Crippen molar-refractivity contribution in [2.75, 3.05) is 0 Å². The van der Waals surface area contributed by atoms with E-state index in [0.29, 0.717) is 15.9 Å². The van der Waals surface area contributed by atoms with Crippen LogP contribution in [0.2, 0.25) is 0 Å². The summed E-state index contributed by atoms with van der Waals surface area (Å²) in [4.78, 5) is 10.3. The van der Waals surface area contributed by atoms with Gasteiger partial charge >= 0.3 is 0 Å². The van der Waals surface area contributed by atoms with Crippen LogP contribution in [0.25, 0.3) is 0 Å². The third-order valence-electron chi connectivity index (χ3n) is 4.59. The molecule has 1 heterocycles. The number of non-ortho nitro benzene ring substituents is 1. The number of hydrogen-bond donors (Lipinski definition) is 1. The van der Waals surface area contributed by atoms with Gasteiger partial charge in [0.2, 0.25) is 5.71 Å². The molecule has 0 radical (unpaired) electrons. The van der Waals surface area contributed by atoms with E-state index in [-0.39, 0.29) is 11.4 Å². The second-order valence-corrected chi connectivity index (χ2v) is 6.03. The number of hydroxylamine groups is 3. The zero-order chi connectivity index (χ0) is 18.4. The van der Waals surface area contributed by atoms with Crippen molar-refractivity contribution in [3.05, 3.63) is 80.8 Å². The molecule has 0 fully saturated rings. The SMILES string of the molecule is C[C@@H]1C(c2ccc(F)cc2)=[N+]([O-])[C@](C)(c2ccc([N+](=O)[O-])cc2)N1O. The molecule has 0 bridgehead atoms. The minimum Gasteiger partial charge on any atom is -0.622 e. The van der Waals surface area contributed by atoms with E-state index in [1.54, 1.807) is 6.92 Å². The number of nitro groups is 1. The Bertz CT molecular complexity index is 851. The fourth-order valence-corrected chi connectivity index (χ4v) is 3.12. The first kappa shape index (κ1) is 17.0. The Hall–Kier alpha value is -2.84. The second-order valence-electron chi connectivity index (χ2n) is 6.03. The highest BCUT2D eigenvalue weighted by atomic mass is 19.1. The maximum absolute atomic E-state index is 13.1. The monoisotopic (exact) mass is 345 g/mol. The molecule has 1 N–H and O–H groups in total. The number of benzene rings is 2. The van der Waals surface area contributed by atoms with Crippen LogP contribution in [0.15, 0.2) is 48.5 Å². The molecule has 1 aliphatic rings. The highest BCUT2D eigenvalue weighted by Gasteiger charge is 2.54. The lowest BCUT2D eigenvalue weighted by Gasteiger charge is -2.29. The first-order chi connectivity index (χ1) is 11.8. The van der Waals surface area contributed by atoms with Crippen LogP contribution in [0.3, 0.4) is 0 Å². The van der Waals surface area contributed by atoms with Gasteiger partial charge < -0.3 is 10.4 Å². The largest absolute Gasteiger partial charge is 0.622 e. The molecule has 2 atom stereocenters. The van der Waals surface area contributed by atoms with Crippen molar-refractivity contribution in [2.24, 2.45) is 0 Å². The number of rotatable bonds is 3. The summed E-state index contributed by atoms with van der Waals surface area (Å²) in [6.45, 7) is 3.18. The van der Waals surface area contributed by atoms with Gasteiger partial charge in [-0.05, 0) is 43.3 Å². The molecule has 2 aromatic carbocycles. The van der Waals surface area contributed by atoms with Crippen molar-refractivity contribution >= 4 is 11.4 Å². The highest BCUT2D eigenvalue weighted by Crippen LogP contribution is 2.36. The van der Waals surface area contributed by atoms with Gasteiger partial charge in [-0.3, -0.25) is 10.1 Å². The van der Waals surface area contributed by atoms with Crippen molar-refractivity contribution in [2.45, 2.75) is 25.6 Å². The van der Waals surface area contributed by atoms with Crippen LogP contribution < -0.4 is 0 Å². The lowest BCUT2D eigenvalue weighted by molar-refractivity contribution is -0.595. The highest BCUT2D eigenvalue weighted by molar-refractivity contribution is 6.01. The van der Waals surface area contributed by atoms with Gasteiger partial charge in [0.05, 0.1) is 4.92 Å². The maximum Gasteiger partial charge on any atom is 0.274 e. The fourth-order valence-electron chi connectivity index (χ4n) is 3.12. The molecule has 0 saturated heterocycles. The zero-order valence-electron chi connectivity index (χ0n) is 13.6. The Kier molecular flexibility index (Phi) is 4.02. The summed E-state index contributed by atoms with van der Waals surface area (Å²) in [5, 5.41) is 35.3. The van der Waals surface area contributed by atoms with Crippen LogP contribution in [0.5, 0.6) is 0 Å². The molecular formula is C17H16FN3O4. The minimum absolute atomic E-state index is 0.108. The summed E-state index contributed by atoms with van der Waals surface area (Å²) in [5.41, 5.74) is -0.391. The van der Waals surface area contributed by atoms with Crippen molar-refractivity contribution < 1.29 is 19.3 Å². The molecule has 0 aliphatic carbocycles. The second kappa shape index (κ2) is 5.91. The van der Waals surface area contributed by atoms with Crippen LogP contribution >= 0.6 is 0 Å². The van der Waals surface area contributed by atoms with Gasteiger partial charge in [0.25, 0.3) is 11.4 Å².